The average molecular weight is 364 g/mol. The number of fused-ring (bicyclic) bond motifs is 1. The van der Waals surface area contributed by atoms with E-state index in [1.165, 1.54) is 5.56 Å². The molecular weight excluding hydrogens is 344 g/mol. The van der Waals surface area contributed by atoms with E-state index in [1.807, 2.05) is 18.2 Å². The first-order valence-electron chi connectivity index (χ1n) is 8.80. The summed E-state index contributed by atoms with van der Waals surface area (Å²) in [5.41, 5.74) is 3.35. The molecule has 6 heteroatoms. The fraction of sp³-hybridized carbons (Fsp3) is 0.238. The third-order valence-corrected chi connectivity index (χ3v) is 4.52. The van der Waals surface area contributed by atoms with E-state index in [0.717, 1.165) is 17.7 Å². The summed E-state index contributed by atoms with van der Waals surface area (Å²) >= 11 is 0. The molecule has 1 unspecified atom stereocenters. The Hall–Kier alpha value is -3.28. The van der Waals surface area contributed by atoms with Crippen molar-refractivity contribution in [2.75, 3.05) is 7.11 Å². The van der Waals surface area contributed by atoms with Crippen LogP contribution in [0.3, 0.4) is 0 Å². The first-order chi connectivity index (χ1) is 13.1. The summed E-state index contributed by atoms with van der Waals surface area (Å²) in [6, 6.07) is 14.8. The highest BCUT2D eigenvalue weighted by atomic mass is 16.5. The second kappa shape index (κ2) is 7.15. The van der Waals surface area contributed by atoms with Gasteiger partial charge in [-0.25, -0.2) is 0 Å². The Bertz CT molecular complexity index is 963. The third-order valence-electron chi connectivity index (χ3n) is 4.52. The predicted molar refractivity (Wildman–Crippen MR) is 99.9 cm³/mol. The first-order valence-corrected chi connectivity index (χ1v) is 8.80. The van der Waals surface area contributed by atoms with Gasteiger partial charge in [0.05, 0.1) is 13.7 Å². The van der Waals surface area contributed by atoms with Crippen LogP contribution in [0.15, 0.2) is 53.1 Å². The van der Waals surface area contributed by atoms with Gasteiger partial charge in [0.1, 0.15) is 23.3 Å². The minimum Gasteiger partial charge on any atom is -0.497 e. The Balaban J connectivity index is 1.41. The van der Waals surface area contributed by atoms with Crippen LogP contribution in [0.4, 0.5) is 0 Å². The molecule has 0 aliphatic carbocycles. The van der Waals surface area contributed by atoms with Crippen LogP contribution < -0.4 is 14.8 Å². The molecule has 0 fully saturated rings. The monoisotopic (exact) mass is 364 g/mol. The summed E-state index contributed by atoms with van der Waals surface area (Å²) in [5, 5.41) is 6.90. The van der Waals surface area contributed by atoms with Gasteiger partial charge in [0.15, 0.2) is 5.76 Å². The average Bonchev–Trinajstić information content (AvgIpc) is 3.31. The summed E-state index contributed by atoms with van der Waals surface area (Å²) in [4.78, 5) is 12.2. The number of ether oxygens (including phenoxy) is 2. The highest BCUT2D eigenvalue weighted by Crippen LogP contribution is 2.33. The van der Waals surface area contributed by atoms with Crippen LogP contribution in [0, 0.1) is 0 Å². The molecule has 4 rings (SSSR count). The molecule has 0 saturated carbocycles. The largest absolute Gasteiger partial charge is 0.497 e. The molecule has 1 aliphatic heterocycles. The summed E-state index contributed by atoms with van der Waals surface area (Å²) < 4.78 is 16.3. The number of methoxy groups -OCH3 is 1. The molecule has 2 heterocycles. The second-order valence-corrected chi connectivity index (χ2v) is 6.55. The molecule has 2 aromatic carbocycles. The highest BCUT2D eigenvalue weighted by Gasteiger charge is 2.20. The van der Waals surface area contributed by atoms with Crippen LogP contribution in [-0.4, -0.2) is 24.3 Å². The summed E-state index contributed by atoms with van der Waals surface area (Å²) in [5.74, 6) is 2.14. The van der Waals surface area contributed by atoms with E-state index >= 15 is 0 Å². The summed E-state index contributed by atoms with van der Waals surface area (Å²) in [6.07, 6.45) is 1.09. The number of hydrogen-bond donors (Lipinski definition) is 1. The van der Waals surface area contributed by atoms with E-state index in [9.17, 15) is 4.79 Å². The van der Waals surface area contributed by atoms with Crippen LogP contribution in [0.2, 0.25) is 0 Å². The molecule has 6 nitrogen and oxygen atoms in total. The number of rotatable bonds is 5. The Morgan fingerprint density at radius 1 is 1.22 bits per heavy atom. The van der Waals surface area contributed by atoms with Gasteiger partial charge in [-0.3, -0.25) is 4.79 Å². The summed E-state index contributed by atoms with van der Waals surface area (Å²) in [7, 11) is 1.59. The Morgan fingerprint density at radius 2 is 2.04 bits per heavy atom. The smallest absolute Gasteiger partial charge is 0.251 e. The molecule has 1 atom stereocenters. The standard InChI is InChI=1S/C21H20N2O4/c1-13-9-16-10-15(5-8-19(16)26-13)20-11-17(23-27-20)12-22-21(24)14-3-6-18(25-2)7-4-14/h3-8,10-11,13H,9,12H2,1-2H3,(H,22,24). The van der Waals surface area contributed by atoms with Gasteiger partial charge in [-0.15, -0.1) is 0 Å². The Kier molecular flexibility index (Phi) is 4.54. The zero-order chi connectivity index (χ0) is 18.8. The molecule has 0 radical (unpaired) electrons. The van der Waals surface area contributed by atoms with Crippen molar-refractivity contribution >= 4 is 5.91 Å². The van der Waals surface area contributed by atoms with Gasteiger partial charge in [-0.05, 0) is 55.0 Å². The van der Waals surface area contributed by atoms with E-state index in [-0.39, 0.29) is 12.0 Å². The number of hydrogen-bond acceptors (Lipinski definition) is 5. The number of nitrogens with zero attached hydrogens (tertiary/aromatic N) is 1. The van der Waals surface area contributed by atoms with Crippen LogP contribution in [0.25, 0.3) is 11.3 Å². The molecule has 138 valence electrons. The zero-order valence-corrected chi connectivity index (χ0v) is 15.2. The molecule has 0 bridgehead atoms. The van der Waals surface area contributed by atoms with Crippen LogP contribution in [0.5, 0.6) is 11.5 Å². The maximum Gasteiger partial charge on any atom is 0.251 e. The maximum absolute atomic E-state index is 12.2. The summed E-state index contributed by atoms with van der Waals surface area (Å²) in [6.45, 7) is 2.34. The SMILES string of the molecule is COc1ccc(C(=O)NCc2cc(-c3ccc4c(c3)CC(C)O4)on2)cc1. The maximum atomic E-state index is 12.2. The molecule has 1 N–H and O–H groups in total. The quantitative estimate of drug-likeness (QED) is 0.749. The van der Waals surface area contributed by atoms with Gasteiger partial charge in [0.2, 0.25) is 0 Å². The van der Waals surface area contributed by atoms with Gasteiger partial charge in [0, 0.05) is 23.6 Å². The Morgan fingerprint density at radius 3 is 2.81 bits per heavy atom. The fourth-order valence-electron chi connectivity index (χ4n) is 3.12. The van der Waals surface area contributed by atoms with Crippen molar-refractivity contribution in [3.8, 4) is 22.8 Å². The van der Waals surface area contributed by atoms with Crippen molar-refractivity contribution in [2.45, 2.75) is 26.0 Å². The first kappa shape index (κ1) is 17.1. The lowest BCUT2D eigenvalue weighted by atomic mass is 10.1. The predicted octanol–water partition coefficient (Wildman–Crippen LogP) is 3.60. The number of nitrogens with one attached hydrogen (secondary N) is 1. The molecule has 27 heavy (non-hydrogen) atoms. The van der Waals surface area contributed by atoms with Crippen molar-refractivity contribution in [2.24, 2.45) is 0 Å². The minimum absolute atomic E-state index is 0.175. The molecule has 1 amide bonds. The lowest BCUT2D eigenvalue weighted by Gasteiger charge is -2.04. The topological polar surface area (TPSA) is 73.6 Å². The molecule has 0 spiro atoms. The van der Waals surface area contributed by atoms with Crippen molar-refractivity contribution in [1.29, 1.82) is 0 Å². The van der Waals surface area contributed by atoms with Gasteiger partial charge in [0.25, 0.3) is 5.91 Å². The zero-order valence-electron chi connectivity index (χ0n) is 15.2. The number of amides is 1. The Labute approximate surface area is 157 Å². The number of carbonyl (C=O) groups is 1. The fourth-order valence-corrected chi connectivity index (χ4v) is 3.12. The molecular formula is C21H20N2O4. The van der Waals surface area contributed by atoms with Crippen molar-refractivity contribution in [1.82, 2.24) is 10.5 Å². The lowest BCUT2D eigenvalue weighted by molar-refractivity contribution is 0.0950. The van der Waals surface area contributed by atoms with E-state index in [1.54, 1.807) is 31.4 Å². The lowest BCUT2D eigenvalue weighted by Crippen LogP contribution is -2.22. The van der Waals surface area contributed by atoms with Gasteiger partial charge in [-0.1, -0.05) is 5.16 Å². The van der Waals surface area contributed by atoms with Gasteiger partial charge in [-0.2, -0.15) is 0 Å². The normalized spacial score (nSPS) is 15.1. The van der Waals surface area contributed by atoms with E-state index in [0.29, 0.717) is 29.3 Å². The van der Waals surface area contributed by atoms with E-state index in [2.05, 4.69) is 23.5 Å². The van der Waals surface area contributed by atoms with Crippen molar-refractivity contribution in [3.05, 3.63) is 65.4 Å². The second-order valence-electron chi connectivity index (χ2n) is 6.55. The van der Waals surface area contributed by atoms with Crippen molar-refractivity contribution in [3.63, 3.8) is 0 Å². The highest BCUT2D eigenvalue weighted by molar-refractivity contribution is 5.94. The molecule has 1 aliphatic rings. The number of aromatic nitrogens is 1. The molecule has 3 aromatic rings. The van der Waals surface area contributed by atoms with E-state index < -0.39 is 0 Å². The molecule has 1 aromatic heterocycles. The number of benzene rings is 2. The van der Waals surface area contributed by atoms with Gasteiger partial charge < -0.3 is 19.3 Å². The van der Waals surface area contributed by atoms with Crippen LogP contribution in [0.1, 0.15) is 28.5 Å². The minimum atomic E-state index is -0.175. The third kappa shape index (κ3) is 3.65. The number of carbonyl (C=O) groups excluding carboxylic acids is 1. The van der Waals surface area contributed by atoms with Gasteiger partial charge >= 0.3 is 0 Å². The van der Waals surface area contributed by atoms with Crippen LogP contribution >= 0.6 is 0 Å². The molecule has 0 saturated heterocycles. The van der Waals surface area contributed by atoms with E-state index in [4.69, 9.17) is 14.0 Å². The van der Waals surface area contributed by atoms with Crippen molar-refractivity contribution < 1.29 is 18.8 Å². The van der Waals surface area contributed by atoms with Crippen LogP contribution in [-0.2, 0) is 13.0 Å².